The van der Waals surface area contributed by atoms with Gasteiger partial charge in [0.25, 0.3) is 0 Å². The second-order valence-corrected chi connectivity index (χ2v) is 5.52. The van der Waals surface area contributed by atoms with E-state index in [2.05, 4.69) is 6.07 Å². The van der Waals surface area contributed by atoms with Gasteiger partial charge in [-0.3, -0.25) is 4.79 Å². The Morgan fingerprint density at radius 3 is 2.50 bits per heavy atom. The average molecular weight is 271 g/mol. The molecule has 0 aromatic heterocycles. The predicted octanol–water partition coefficient (Wildman–Crippen LogP) is 2.20. The van der Waals surface area contributed by atoms with Crippen LogP contribution in [0.5, 0.6) is 0 Å². The fourth-order valence-electron chi connectivity index (χ4n) is 2.80. The molecule has 1 saturated carbocycles. The van der Waals surface area contributed by atoms with Crippen molar-refractivity contribution in [2.24, 2.45) is 5.73 Å². The Kier molecular flexibility index (Phi) is 4.75. The molecule has 0 saturated heterocycles. The number of amides is 1. The number of benzene rings is 1. The molecule has 1 aliphatic rings. The number of nitriles is 1. The van der Waals surface area contributed by atoms with Crippen LogP contribution >= 0.6 is 0 Å². The van der Waals surface area contributed by atoms with Crippen molar-refractivity contribution < 1.29 is 4.79 Å². The fourth-order valence-corrected chi connectivity index (χ4v) is 2.80. The van der Waals surface area contributed by atoms with E-state index >= 15 is 0 Å². The van der Waals surface area contributed by atoms with Crippen molar-refractivity contribution >= 4 is 5.91 Å². The lowest BCUT2D eigenvalue weighted by Crippen LogP contribution is -2.56. The third-order valence-electron chi connectivity index (χ3n) is 3.94. The lowest BCUT2D eigenvalue weighted by atomic mass is 9.81. The molecular weight excluding hydrogens is 250 g/mol. The standard InChI is InChI=1S/C16H21N3O/c17-11-12-19(13-14-7-3-1-4-8-14)15(20)16(18)9-5-2-6-10-16/h1,3-4,7-8H,2,5-6,9-10,12-13,18H2. The highest BCUT2D eigenvalue weighted by Gasteiger charge is 2.38. The molecule has 20 heavy (non-hydrogen) atoms. The zero-order valence-electron chi connectivity index (χ0n) is 11.7. The van der Waals surface area contributed by atoms with Crippen molar-refractivity contribution in [2.75, 3.05) is 6.54 Å². The molecule has 0 spiro atoms. The SMILES string of the molecule is N#CCN(Cc1ccccc1)C(=O)C1(N)CCCCC1. The molecule has 1 aliphatic carbocycles. The molecule has 0 aliphatic heterocycles. The smallest absolute Gasteiger partial charge is 0.243 e. The Hall–Kier alpha value is -1.86. The molecular formula is C16H21N3O. The van der Waals surface area contributed by atoms with Gasteiger partial charge in [-0.2, -0.15) is 5.26 Å². The number of nitrogens with zero attached hydrogens (tertiary/aromatic N) is 2. The van der Waals surface area contributed by atoms with Gasteiger partial charge in [-0.25, -0.2) is 0 Å². The van der Waals surface area contributed by atoms with Crippen LogP contribution in [-0.2, 0) is 11.3 Å². The number of hydrogen-bond acceptors (Lipinski definition) is 3. The van der Waals surface area contributed by atoms with E-state index in [0.29, 0.717) is 6.54 Å². The maximum Gasteiger partial charge on any atom is 0.243 e. The van der Waals surface area contributed by atoms with E-state index in [1.807, 2.05) is 30.3 Å². The van der Waals surface area contributed by atoms with Gasteiger partial charge in [-0.1, -0.05) is 49.6 Å². The van der Waals surface area contributed by atoms with E-state index in [-0.39, 0.29) is 12.5 Å². The molecule has 1 amide bonds. The zero-order chi connectivity index (χ0) is 14.4. The van der Waals surface area contributed by atoms with Crippen molar-refractivity contribution in [1.29, 1.82) is 5.26 Å². The number of hydrogen-bond donors (Lipinski definition) is 1. The van der Waals surface area contributed by atoms with Gasteiger partial charge in [0.1, 0.15) is 6.54 Å². The number of nitrogens with two attached hydrogens (primary N) is 1. The monoisotopic (exact) mass is 271 g/mol. The summed E-state index contributed by atoms with van der Waals surface area (Å²) >= 11 is 0. The van der Waals surface area contributed by atoms with Crippen LogP contribution < -0.4 is 5.73 Å². The highest BCUT2D eigenvalue weighted by atomic mass is 16.2. The maximum absolute atomic E-state index is 12.7. The first-order valence-corrected chi connectivity index (χ1v) is 7.15. The van der Waals surface area contributed by atoms with Crippen LogP contribution in [-0.4, -0.2) is 22.9 Å². The van der Waals surface area contributed by atoms with Gasteiger partial charge >= 0.3 is 0 Å². The number of carbonyl (C=O) groups excluding carboxylic acids is 1. The van der Waals surface area contributed by atoms with Gasteiger partial charge in [0.05, 0.1) is 11.6 Å². The van der Waals surface area contributed by atoms with Crippen molar-refractivity contribution in [3.8, 4) is 6.07 Å². The normalized spacial score (nSPS) is 17.2. The summed E-state index contributed by atoms with van der Waals surface area (Å²) in [5.74, 6) is -0.0809. The number of carbonyl (C=O) groups is 1. The van der Waals surface area contributed by atoms with Crippen LogP contribution in [0.25, 0.3) is 0 Å². The molecule has 106 valence electrons. The highest BCUT2D eigenvalue weighted by Crippen LogP contribution is 2.28. The summed E-state index contributed by atoms with van der Waals surface area (Å²) in [4.78, 5) is 14.2. The summed E-state index contributed by atoms with van der Waals surface area (Å²) in [7, 11) is 0. The van der Waals surface area contributed by atoms with Gasteiger partial charge in [-0.05, 0) is 18.4 Å². The van der Waals surface area contributed by atoms with Crippen LogP contribution in [0, 0.1) is 11.3 Å². The fraction of sp³-hybridized carbons (Fsp3) is 0.500. The van der Waals surface area contributed by atoms with Gasteiger partial charge in [-0.15, -0.1) is 0 Å². The Morgan fingerprint density at radius 1 is 1.25 bits per heavy atom. The second-order valence-electron chi connectivity index (χ2n) is 5.52. The van der Waals surface area contributed by atoms with E-state index in [9.17, 15) is 4.79 Å². The summed E-state index contributed by atoms with van der Waals surface area (Å²) in [5, 5.41) is 8.96. The second kappa shape index (κ2) is 6.53. The molecule has 0 bridgehead atoms. The molecule has 2 N–H and O–H groups in total. The Morgan fingerprint density at radius 2 is 1.90 bits per heavy atom. The Bertz CT molecular complexity index is 486. The lowest BCUT2D eigenvalue weighted by molar-refractivity contribution is -0.138. The Balaban J connectivity index is 2.11. The van der Waals surface area contributed by atoms with Crippen molar-refractivity contribution in [1.82, 2.24) is 4.90 Å². The van der Waals surface area contributed by atoms with Crippen LogP contribution in [0.2, 0.25) is 0 Å². The minimum absolute atomic E-state index is 0.0809. The minimum atomic E-state index is -0.774. The topological polar surface area (TPSA) is 70.1 Å². The van der Waals surface area contributed by atoms with Crippen molar-refractivity contribution in [3.63, 3.8) is 0 Å². The quantitative estimate of drug-likeness (QED) is 0.853. The van der Waals surface area contributed by atoms with Crippen LogP contribution in [0.1, 0.15) is 37.7 Å². The summed E-state index contributed by atoms with van der Waals surface area (Å²) in [5.41, 5.74) is 6.54. The third kappa shape index (κ3) is 3.37. The third-order valence-corrected chi connectivity index (χ3v) is 3.94. The van der Waals surface area contributed by atoms with Crippen LogP contribution in [0.15, 0.2) is 30.3 Å². The van der Waals surface area contributed by atoms with E-state index in [0.717, 1.165) is 37.7 Å². The molecule has 0 heterocycles. The van der Waals surface area contributed by atoms with E-state index in [1.165, 1.54) is 0 Å². The molecule has 1 fully saturated rings. The molecule has 0 unspecified atom stereocenters. The summed E-state index contributed by atoms with van der Waals surface area (Å²) in [6.45, 7) is 0.541. The molecule has 0 atom stereocenters. The van der Waals surface area contributed by atoms with Gasteiger partial charge < -0.3 is 10.6 Å². The van der Waals surface area contributed by atoms with Gasteiger partial charge in [0, 0.05) is 6.54 Å². The average Bonchev–Trinajstić information content (AvgIpc) is 2.48. The molecule has 4 heteroatoms. The van der Waals surface area contributed by atoms with E-state index in [4.69, 9.17) is 11.0 Å². The first-order chi connectivity index (χ1) is 9.65. The molecule has 1 aromatic rings. The predicted molar refractivity (Wildman–Crippen MR) is 77.5 cm³/mol. The van der Waals surface area contributed by atoms with Gasteiger partial charge in [0.2, 0.25) is 5.91 Å². The molecule has 2 rings (SSSR count). The first-order valence-electron chi connectivity index (χ1n) is 7.15. The van der Waals surface area contributed by atoms with Crippen LogP contribution in [0.3, 0.4) is 0 Å². The maximum atomic E-state index is 12.7. The molecule has 0 radical (unpaired) electrons. The lowest BCUT2D eigenvalue weighted by Gasteiger charge is -2.36. The first kappa shape index (κ1) is 14.5. The van der Waals surface area contributed by atoms with Gasteiger partial charge in [0.15, 0.2) is 0 Å². The summed E-state index contributed by atoms with van der Waals surface area (Å²) in [6.07, 6.45) is 4.58. The largest absolute Gasteiger partial charge is 0.323 e. The zero-order valence-corrected chi connectivity index (χ0v) is 11.7. The Labute approximate surface area is 120 Å². The van der Waals surface area contributed by atoms with Crippen molar-refractivity contribution in [2.45, 2.75) is 44.2 Å². The van der Waals surface area contributed by atoms with E-state index in [1.54, 1.807) is 4.90 Å². The minimum Gasteiger partial charge on any atom is -0.323 e. The highest BCUT2D eigenvalue weighted by molar-refractivity contribution is 5.86. The van der Waals surface area contributed by atoms with E-state index < -0.39 is 5.54 Å². The molecule has 4 nitrogen and oxygen atoms in total. The van der Waals surface area contributed by atoms with Crippen LogP contribution in [0.4, 0.5) is 0 Å². The summed E-state index contributed by atoms with van der Waals surface area (Å²) in [6, 6.07) is 11.8. The summed E-state index contributed by atoms with van der Waals surface area (Å²) < 4.78 is 0. The van der Waals surface area contributed by atoms with Crippen molar-refractivity contribution in [3.05, 3.63) is 35.9 Å². The number of rotatable bonds is 4. The molecule has 1 aromatic carbocycles.